The molecule has 0 fully saturated rings. The summed E-state index contributed by atoms with van der Waals surface area (Å²) in [5, 5.41) is 0. The molecule has 2 rings (SSSR count). The van der Waals surface area contributed by atoms with E-state index in [4.69, 9.17) is 15.2 Å². The Morgan fingerprint density at radius 2 is 1.95 bits per heavy atom. The van der Waals surface area contributed by atoms with Gasteiger partial charge in [0.25, 0.3) is 0 Å². The second-order valence-corrected chi connectivity index (χ2v) is 4.89. The molecule has 100 valence electrons. The van der Waals surface area contributed by atoms with Crippen molar-refractivity contribution >= 4 is 21.6 Å². The van der Waals surface area contributed by atoms with E-state index in [0.717, 1.165) is 21.3 Å². The molecular weight excluding hydrogens is 308 g/mol. The summed E-state index contributed by atoms with van der Waals surface area (Å²) >= 11 is 3.49. The zero-order chi connectivity index (χ0) is 14.0. The van der Waals surface area contributed by atoms with Crippen LogP contribution in [0.4, 0.5) is 5.69 Å². The summed E-state index contributed by atoms with van der Waals surface area (Å²) in [6, 6.07) is 5.69. The molecule has 1 aromatic carbocycles. The van der Waals surface area contributed by atoms with Gasteiger partial charge in [0.15, 0.2) is 0 Å². The van der Waals surface area contributed by atoms with E-state index in [0.29, 0.717) is 17.2 Å². The van der Waals surface area contributed by atoms with Crippen LogP contribution >= 0.6 is 15.9 Å². The van der Waals surface area contributed by atoms with Crippen LogP contribution in [0.2, 0.25) is 0 Å². The van der Waals surface area contributed by atoms with Crippen LogP contribution in [-0.2, 0) is 0 Å². The van der Waals surface area contributed by atoms with Gasteiger partial charge in [-0.15, -0.1) is 0 Å². The average molecular weight is 323 g/mol. The van der Waals surface area contributed by atoms with E-state index in [2.05, 4.69) is 20.9 Å². The van der Waals surface area contributed by atoms with Gasteiger partial charge in [0.05, 0.1) is 31.8 Å². The van der Waals surface area contributed by atoms with Crippen LogP contribution in [0, 0.1) is 6.92 Å². The summed E-state index contributed by atoms with van der Waals surface area (Å²) in [5.41, 5.74) is 9.11. The largest absolute Gasteiger partial charge is 0.495 e. The zero-order valence-electron chi connectivity index (χ0n) is 11.0. The molecule has 0 aliphatic heterocycles. The van der Waals surface area contributed by atoms with Crippen molar-refractivity contribution in [2.75, 3.05) is 20.0 Å². The van der Waals surface area contributed by atoms with E-state index in [9.17, 15) is 0 Å². The van der Waals surface area contributed by atoms with E-state index >= 15 is 0 Å². The first-order valence-electron chi connectivity index (χ1n) is 5.71. The molecule has 0 bridgehead atoms. The summed E-state index contributed by atoms with van der Waals surface area (Å²) in [7, 11) is 3.24. The molecule has 0 unspecified atom stereocenters. The Bertz CT molecular complexity index is 615. The molecule has 2 aromatic rings. The van der Waals surface area contributed by atoms with E-state index in [1.807, 2.05) is 25.1 Å². The van der Waals surface area contributed by atoms with Crippen molar-refractivity contribution in [1.82, 2.24) is 4.98 Å². The minimum Gasteiger partial charge on any atom is -0.495 e. The molecule has 0 atom stereocenters. The van der Waals surface area contributed by atoms with Crippen LogP contribution in [0.3, 0.4) is 0 Å². The van der Waals surface area contributed by atoms with Crippen molar-refractivity contribution < 1.29 is 9.47 Å². The Hall–Kier alpha value is -1.75. The van der Waals surface area contributed by atoms with Crippen molar-refractivity contribution in [3.8, 4) is 22.8 Å². The minimum atomic E-state index is 0.646. The number of pyridine rings is 1. The molecule has 0 saturated heterocycles. The highest BCUT2D eigenvalue weighted by Gasteiger charge is 2.16. The molecule has 0 radical (unpaired) electrons. The van der Waals surface area contributed by atoms with Crippen LogP contribution in [0.25, 0.3) is 11.3 Å². The summed E-state index contributed by atoms with van der Waals surface area (Å²) in [6.45, 7) is 1.97. The topological polar surface area (TPSA) is 57.4 Å². The Balaban J connectivity index is 2.65. The van der Waals surface area contributed by atoms with E-state index < -0.39 is 0 Å². The molecule has 4 nitrogen and oxygen atoms in total. The Morgan fingerprint density at radius 1 is 1.21 bits per heavy atom. The second-order valence-electron chi connectivity index (χ2n) is 4.10. The molecular formula is C14H15BrN2O2. The third kappa shape index (κ3) is 2.51. The molecule has 0 saturated carbocycles. The number of aryl methyl sites for hydroxylation is 1. The fourth-order valence-corrected chi connectivity index (χ4v) is 2.63. The minimum absolute atomic E-state index is 0.646. The van der Waals surface area contributed by atoms with Gasteiger partial charge in [0.1, 0.15) is 16.0 Å². The number of nitrogens with two attached hydrogens (primary N) is 1. The van der Waals surface area contributed by atoms with Gasteiger partial charge in [-0.1, -0.05) is 0 Å². The summed E-state index contributed by atoms with van der Waals surface area (Å²) < 4.78 is 11.5. The molecule has 1 heterocycles. The van der Waals surface area contributed by atoms with Crippen molar-refractivity contribution in [2.24, 2.45) is 0 Å². The lowest BCUT2D eigenvalue weighted by molar-refractivity contribution is 0.390. The summed E-state index contributed by atoms with van der Waals surface area (Å²) in [6.07, 6.45) is 1.64. The second kappa shape index (κ2) is 5.48. The van der Waals surface area contributed by atoms with Crippen LogP contribution in [-0.4, -0.2) is 19.2 Å². The van der Waals surface area contributed by atoms with Crippen LogP contribution in [0.1, 0.15) is 5.56 Å². The predicted octanol–water partition coefficient (Wildman–Crippen LogP) is 3.42. The SMILES string of the molecule is COc1ccc(-c2ncc(N)cc2C)c(OC)c1Br. The van der Waals surface area contributed by atoms with Crippen LogP contribution < -0.4 is 15.2 Å². The van der Waals surface area contributed by atoms with Crippen molar-refractivity contribution in [1.29, 1.82) is 0 Å². The molecule has 0 spiro atoms. The van der Waals surface area contributed by atoms with E-state index in [1.165, 1.54) is 0 Å². The van der Waals surface area contributed by atoms with Crippen LogP contribution in [0.15, 0.2) is 28.9 Å². The first-order chi connectivity index (χ1) is 9.08. The van der Waals surface area contributed by atoms with E-state index in [1.54, 1.807) is 20.4 Å². The quantitative estimate of drug-likeness (QED) is 0.940. The lowest BCUT2D eigenvalue weighted by Crippen LogP contribution is -1.97. The first-order valence-corrected chi connectivity index (χ1v) is 6.50. The first kappa shape index (κ1) is 13.7. The zero-order valence-corrected chi connectivity index (χ0v) is 12.6. The van der Waals surface area contributed by atoms with Crippen molar-refractivity contribution in [3.05, 3.63) is 34.4 Å². The molecule has 2 N–H and O–H groups in total. The number of nitrogens with zero attached hydrogens (tertiary/aromatic N) is 1. The van der Waals surface area contributed by atoms with Gasteiger partial charge in [-0.3, -0.25) is 4.98 Å². The maximum atomic E-state index is 5.73. The van der Waals surface area contributed by atoms with Gasteiger partial charge in [0.2, 0.25) is 0 Å². The van der Waals surface area contributed by atoms with Gasteiger partial charge < -0.3 is 15.2 Å². The number of benzene rings is 1. The maximum absolute atomic E-state index is 5.73. The molecule has 5 heteroatoms. The summed E-state index contributed by atoms with van der Waals surface area (Å²) in [5.74, 6) is 1.41. The highest BCUT2D eigenvalue weighted by Crippen LogP contribution is 2.42. The van der Waals surface area contributed by atoms with Gasteiger partial charge in [-0.25, -0.2) is 0 Å². The lowest BCUT2D eigenvalue weighted by atomic mass is 10.1. The van der Waals surface area contributed by atoms with E-state index in [-0.39, 0.29) is 0 Å². The molecule has 0 aliphatic carbocycles. The maximum Gasteiger partial charge on any atom is 0.146 e. The average Bonchev–Trinajstić information content (AvgIpc) is 2.38. The van der Waals surface area contributed by atoms with Gasteiger partial charge in [-0.05, 0) is 46.6 Å². The number of ether oxygens (including phenoxy) is 2. The Labute approximate surface area is 120 Å². The van der Waals surface area contributed by atoms with Crippen molar-refractivity contribution in [2.45, 2.75) is 6.92 Å². The number of anilines is 1. The van der Waals surface area contributed by atoms with Gasteiger partial charge in [0, 0.05) is 5.56 Å². The predicted molar refractivity (Wildman–Crippen MR) is 79.6 cm³/mol. The van der Waals surface area contributed by atoms with Gasteiger partial charge in [-0.2, -0.15) is 0 Å². The van der Waals surface area contributed by atoms with Crippen molar-refractivity contribution in [3.63, 3.8) is 0 Å². The normalized spacial score (nSPS) is 10.3. The molecule has 1 aromatic heterocycles. The number of hydrogen-bond donors (Lipinski definition) is 1. The molecule has 0 amide bonds. The standard InChI is InChI=1S/C14H15BrN2O2/c1-8-6-9(16)7-17-13(8)10-4-5-11(18-2)12(15)14(10)19-3/h4-7H,16H2,1-3H3. The number of nitrogen functional groups attached to an aromatic ring is 1. The van der Waals surface area contributed by atoms with Crippen LogP contribution in [0.5, 0.6) is 11.5 Å². The fourth-order valence-electron chi connectivity index (χ4n) is 1.96. The smallest absolute Gasteiger partial charge is 0.146 e. The molecule has 19 heavy (non-hydrogen) atoms. The third-order valence-electron chi connectivity index (χ3n) is 2.84. The third-order valence-corrected chi connectivity index (χ3v) is 3.59. The monoisotopic (exact) mass is 322 g/mol. The highest BCUT2D eigenvalue weighted by atomic mass is 79.9. The number of methoxy groups -OCH3 is 2. The number of hydrogen-bond acceptors (Lipinski definition) is 4. The summed E-state index contributed by atoms with van der Waals surface area (Å²) in [4.78, 5) is 4.39. The molecule has 0 aliphatic rings. The van der Waals surface area contributed by atoms with Gasteiger partial charge >= 0.3 is 0 Å². The Morgan fingerprint density at radius 3 is 2.53 bits per heavy atom. The lowest BCUT2D eigenvalue weighted by Gasteiger charge is -2.14. The Kier molecular flexibility index (Phi) is 3.95. The highest BCUT2D eigenvalue weighted by molar-refractivity contribution is 9.10. The number of halogens is 1. The number of rotatable bonds is 3. The fraction of sp³-hybridized carbons (Fsp3) is 0.214. The number of aromatic nitrogens is 1.